The Balaban J connectivity index is 1.63. The number of hydrogen-bond acceptors (Lipinski definition) is 4. The molecule has 2 fully saturated rings. The summed E-state index contributed by atoms with van der Waals surface area (Å²) in [6.45, 7) is 6.71. The number of rotatable bonds is 5. The lowest BCUT2D eigenvalue weighted by atomic mass is 9.62. The summed E-state index contributed by atoms with van der Waals surface area (Å²) in [7, 11) is 0. The lowest BCUT2D eigenvalue weighted by Crippen LogP contribution is -2.59. The molecule has 5 nitrogen and oxygen atoms in total. The number of carbonyl (C=O) groups is 1. The summed E-state index contributed by atoms with van der Waals surface area (Å²) in [5, 5.41) is 13.2. The third-order valence-electron chi connectivity index (χ3n) is 5.40. The fraction of sp³-hybridized carbons (Fsp3) is 0.600. The smallest absolute Gasteiger partial charge is 0.240 e. The van der Waals surface area contributed by atoms with Crippen molar-refractivity contribution >= 4 is 5.91 Å². The van der Waals surface area contributed by atoms with Gasteiger partial charge in [0, 0.05) is 19.1 Å². The highest BCUT2D eigenvalue weighted by Gasteiger charge is 2.47. The minimum Gasteiger partial charge on any atom is -0.378 e. The third kappa shape index (κ3) is 3.70. The first kappa shape index (κ1) is 17.9. The number of ether oxygens (including phenoxy) is 1. The van der Waals surface area contributed by atoms with Crippen LogP contribution in [0.4, 0.5) is 0 Å². The van der Waals surface area contributed by atoms with E-state index in [-0.39, 0.29) is 23.9 Å². The van der Waals surface area contributed by atoms with E-state index in [0.29, 0.717) is 26.3 Å². The van der Waals surface area contributed by atoms with Crippen LogP contribution in [-0.2, 0) is 14.9 Å². The summed E-state index contributed by atoms with van der Waals surface area (Å²) >= 11 is 0. The Bertz CT molecular complexity index is 626. The van der Waals surface area contributed by atoms with Gasteiger partial charge in [-0.2, -0.15) is 5.26 Å². The molecule has 0 bridgehead atoms. The van der Waals surface area contributed by atoms with Gasteiger partial charge in [0.15, 0.2) is 0 Å². The van der Waals surface area contributed by atoms with Crippen LogP contribution in [0, 0.1) is 17.2 Å². The van der Waals surface area contributed by atoms with E-state index in [4.69, 9.17) is 4.74 Å². The van der Waals surface area contributed by atoms with Crippen molar-refractivity contribution in [3.8, 4) is 6.07 Å². The number of nitrogens with zero attached hydrogens (tertiary/aromatic N) is 2. The van der Waals surface area contributed by atoms with Gasteiger partial charge in [-0.3, -0.25) is 4.79 Å². The van der Waals surface area contributed by atoms with Crippen molar-refractivity contribution in [3.63, 3.8) is 0 Å². The maximum atomic E-state index is 12.9. The van der Waals surface area contributed by atoms with E-state index >= 15 is 0 Å². The van der Waals surface area contributed by atoms with Gasteiger partial charge in [0.2, 0.25) is 5.91 Å². The van der Waals surface area contributed by atoms with Crippen molar-refractivity contribution in [1.82, 2.24) is 10.2 Å². The zero-order chi connectivity index (χ0) is 17.9. The van der Waals surface area contributed by atoms with E-state index in [1.54, 1.807) is 0 Å². The molecule has 1 N–H and O–H groups in total. The van der Waals surface area contributed by atoms with E-state index < -0.39 is 5.41 Å². The standard InChI is InChI=1S/C20H27N3O2/c1-15(2)18(19(24)23-8-10-25-11-9-23)22-17-12-20(13-17,14-21)16-6-4-3-5-7-16/h3-7,15,17-18,22H,8-13H2,1-2H3/t17?,18-,20?/m1/s1. The lowest BCUT2D eigenvalue weighted by Gasteiger charge is -2.45. The van der Waals surface area contributed by atoms with Crippen molar-refractivity contribution in [3.05, 3.63) is 35.9 Å². The van der Waals surface area contributed by atoms with Crippen molar-refractivity contribution in [2.75, 3.05) is 26.3 Å². The molecule has 1 saturated heterocycles. The maximum Gasteiger partial charge on any atom is 0.240 e. The zero-order valence-electron chi connectivity index (χ0n) is 15.1. The van der Waals surface area contributed by atoms with Crippen molar-refractivity contribution in [1.29, 1.82) is 5.26 Å². The van der Waals surface area contributed by atoms with Crippen molar-refractivity contribution in [2.24, 2.45) is 5.92 Å². The molecule has 0 unspecified atom stereocenters. The highest BCUT2D eigenvalue weighted by atomic mass is 16.5. The molecule has 0 spiro atoms. The molecule has 0 radical (unpaired) electrons. The molecule has 1 atom stereocenters. The number of hydrogen-bond donors (Lipinski definition) is 1. The molecule has 1 aliphatic heterocycles. The molecule has 2 aliphatic rings. The number of nitrogens with one attached hydrogen (secondary N) is 1. The highest BCUT2D eigenvalue weighted by molar-refractivity contribution is 5.82. The molecule has 1 heterocycles. The van der Waals surface area contributed by atoms with E-state index in [0.717, 1.165) is 18.4 Å². The minimum atomic E-state index is -0.414. The number of nitriles is 1. The monoisotopic (exact) mass is 341 g/mol. The van der Waals surface area contributed by atoms with Crippen LogP contribution in [0.1, 0.15) is 32.3 Å². The summed E-state index contributed by atoms with van der Waals surface area (Å²) < 4.78 is 5.34. The number of carbonyl (C=O) groups excluding carboxylic acids is 1. The van der Waals surface area contributed by atoms with Crippen LogP contribution >= 0.6 is 0 Å². The van der Waals surface area contributed by atoms with Crippen LogP contribution in [-0.4, -0.2) is 49.2 Å². The second-order valence-electron chi connectivity index (χ2n) is 7.49. The summed E-state index contributed by atoms with van der Waals surface area (Å²) in [6.07, 6.45) is 1.51. The molecular formula is C20H27N3O2. The fourth-order valence-corrected chi connectivity index (χ4v) is 3.83. The quantitative estimate of drug-likeness (QED) is 0.890. The average molecular weight is 341 g/mol. The first-order chi connectivity index (χ1) is 12.1. The molecule has 1 aromatic carbocycles. The van der Waals surface area contributed by atoms with Gasteiger partial charge in [-0.25, -0.2) is 0 Å². The topological polar surface area (TPSA) is 65.4 Å². The van der Waals surface area contributed by atoms with Gasteiger partial charge in [0.05, 0.1) is 30.7 Å². The van der Waals surface area contributed by atoms with E-state index in [1.807, 2.05) is 35.2 Å². The molecule has 1 aliphatic carbocycles. The summed E-state index contributed by atoms with van der Waals surface area (Å²) in [5.74, 6) is 0.372. The first-order valence-corrected chi connectivity index (χ1v) is 9.15. The number of amides is 1. The average Bonchev–Trinajstić information content (AvgIpc) is 2.62. The molecule has 1 saturated carbocycles. The number of morpholine rings is 1. The van der Waals surface area contributed by atoms with Crippen LogP contribution in [0.15, 0.2) is 30.3 Å². The molecule has 3 rings (SSSR count). The van der Waals surface area contributed by atoms with Gasteiger partial charge in [-0.1, -0.05) is 44.2 Å². The van der Waals surface area contributed by atoms with E-state index in [9.17, 15) is 10.1 Å². The SMILES string of the molecule is CC(C)[C@@H](NC1CC(C#N)(c2ccccc2)C1)C(=O)N1CCOCC1. The van der Waals surface area contributed by atoms with E-state index in [2.05, 4.69) is 25.2 Å². The van der Waals surface area contributed by atoms with Crippen LogP contribution in [0.25, 0.3) is 0 Å². The molecular weight excluding hydrogens is 314 g/mol. The van der Waals surface area contributed by atoms with Crippen LogP contribution in [0.2, 0.25) is 0 Å². The first-order valence-electron chi connectivity index (χ1n) is 9.15. The predicted octanol–water partition coefficient (Wildman–Crippen LogP) is 2.08. The van der Waals surface area contributed by atoms with Gasteiger partial charge >= 0.3 is 0 Å². The fourth-order valence-electron chi connectivity index (χ4n) is 3.83. The largest absolute Gasteiger partial charge is 0.378 e. The normalized spacial score (nSPS) is 27.4. The molecule has 25 heavy (non-hydrogen) atoms. The van der Waals surface area contributed by atoms with Gasteiger partial charge in [-0.05, 0) is 24.3 Å². The lowest BCUT2D eigenvalue weighted by molar-refractivity contribution is -0.139. The Morgan fingerprint density at radius 2 is 1.92 bits per heavy atom. The summed E-state index contributed by atoms with van der Waals surface area (Å²) in [5.41, 5.74) is 0.666. The predicted molar refractivity (Wildman–Crippen MR) is 95.9 cm³/mol. The second-order valence-corrected chi connectivity index (χ2v) is 7.49. The van der Waals surface area contributed by atoms with Gasteiger partial charge < -0.3 is 15.0 Å². The van der Waals surface area contributed by atoms with Crippen molar-refractivity contribution in [2.45, 2.75) is 44.2 Å². The van der Waals surface area contributed by atoms with Crippen LogP contribution < -0.4 is 5.32 Å². The van der Waals surface area contributed by atoms with Gasteiger partial charge in [0.1, 0.15) is 0 Å². The summed E-state index contributed by atoms with van der Waals surface area (Å²) in [6, 6.07) is 12.5. The molecule has 134 valence electrons. The zero-order valence-corrected chi connectivity index (χ0v) is 15.1. The minimum absolute atomic E-state index is 0.160. The Morgan fingerprint density at radius 1 is 1.28 bits per heavy atom. The Labute approximate surface area is 150 Å². The van der Waals surface area contributed by atoms with Gasteiger partial charge in [-0.15, -0.1) is 0 Å². The van der Waals surface area contributed by atoms with Gasteiger partial charge in [0.25, 0.3) is 0 Å². The number of benzene rings is 1. The second kappa shape index (κ2) is 7.55. The van der Waals surface area contributed by atoms with Crippen LogP contribution in [0.3, 0.4) is 0 Å². The van der Waals surface area contributed by atoms with Crippen LogP contribution in [0.5, 0.6) is 0 Å². The molecule has 0 aromatic heterocycles. The summed E-state index contributed by atoms with van der Waals surface area (Å²) in [4.78, 5) is 14.8. The molecule has 5 heteroatoms. The molecule has 1 amide bonds. The third-order valence-corrected chi connectivity index (χ3v) is 5.40. The molecule has 1 aromatic rings. The Morgan fingerprint density at radius 3 is 2.48 bits per heavy atom. The van der Waals surface area contributed by atoms with Crippen molar-refractivity contribution < 1.29 is 9.53 Å². The van der Waals surface area contributed by atoms with E-state index in [1.165, 1.54) is 0 Å². The highest BCUT2D eigenvalue weighted by Crippen LogP contribution is 2.43. The maximum absolute atomic E-state index is 12.9. The Hall–Kier alpha value is -1.90. The Kier molecular flexibility index (Phi) is 5.41.